The van der Waals surface area contributed by atoms with E-state index >= 15 is 0 Å². The number of carbonyl (C=O) groups is 2. The maximum Gasteiger partial charge on any atom is 0.303 e. The van der Waals surface area contributed by atoms with Gasteiger partial charge >= 0.3 is 5.97 Å². The van der Waals surface area contributed by atoms with Crippen LogP contribution in [-0.2, 0) is 9.59 Å². The normalized spacial score (nSPS) is 12.2. The highest BCUT2D eigenvalue weighted by Gasteiger charge is 2.14. The second-order valence-electron chi connectivity index (χ2n) is 3.16. The molecule has 4 nitrogen and oxygen atoms in total. The number of amides is 1. The lowest BCUT2D eigenvalue weighted by atomic mass is 10.2. The molecule has 1 atom stereocenters. The van der Waals surface area contributed by atoms with Gasteiger partial charge in [0.15, 0.2) is 0 Å². The van der Waals surface area contributed by atoms with E-state index < -0.39 is 5.97 Å². The molecule has 0 radical (unpaired) electrons. The predicted octanol–water partition coefficient (Wildman–Crippen LogP) is 1.11. The Kier molecular flexibility index (Phi) is 5.11. The fourth-order valence-electron chi connectivity index (χ4n) is 0.910. The number of carboxylic acids is 1. The van der Waals surface area contributed by atoms with Crippen LogP contribution in [0, 0.1) is 0 Å². The number of aliphatic carboxylic acids is 1. The third-order valence-corrected chi connectivity index (χ3v) is 2.20. The Labute approximate surface area is 78.5 Å². The lowest BCUT2D eigenvalue weighted by Crippen LogP contribution is -2.34. The fourth-order valence-corrected chi connectivity index (χ4v) is 0.910. The first-order chi connectivity index (χ1) is 5.99. The van der Waals surface area contributed by atoms with Crippen LogP contribution in [0.25, 0.3) is 0 Å². The molecule has 0 saturated carbocycles. The third kappa shape index (κ3) is 4.50. The minimum Gasteiger partial charge on any atom is -0.481 e. The molecular formula is C9H17NO3. The molecule has 0 spiro atoms. The molecule has 0 heterocycles. The first kappa shape index (κ1) is 11.9. The maximum atomic E-state index is 11.3. The molecule has 0 saturated heterocycles. The van der Waals surface area contributed by atoms with Gasteiger partial charge in [0, 0.05) is 19.5 Å². The molecule has 0 aromatic rings. The molecule has 0 aromatic heterocycles. The van der Waals surface area contributed by atoms with Crippen LogP contribution in [0.3, 0.4) is 0 Å². The second kappa shape index (κ2) is 5.56. The summed E-state index contributed by atoms with van der Waals surface area (Å²) >= 11 is 0. The second-order valence-corrected chi connectivity index (χ2v) is 3.16. The minimum atomic E-state index is -0.925. The Morgan fingerprint density at radius 1 is 1.38 bits per heavy atom. The summed E-state index contributed by atoms with van der Waals surface area (Å²) in [6, 6.07) is 0.182. The van der Waals surface area contributed by atoms with Gasteiger partial charge in [-0.3, -0.25) is 9.59 Å². The van der Waals surface area contributed by atoms with Crippen LogP contribution in [0.15, 0.2) is 0 Å². The Hall–Kier alpha value is -1.06. The van der Waals surface area contributed by atoms with Crippen LogP contribution < -0.4 is 0 Å². The summed E-state index contributed by atoms with van der Waals surface area (Å²) in [6.07, 6.45) is 0.894. The maximum absolute atomic E-state index is 11.3. The molecule has 0 aliphatic carbocycles. The van der Waals surface area contributed by atoms with E-state index in [4.69, 9.17) is 5.11 Å². The number of hydrogen-bond donors (Lipinski definition) is 1. The highest BCUT2D eigenvalue weighted by Crippen LogP contribution is 2.03. The van der Waals surface area contributed by atoms with E-state index in [9.17, 15) is 9.59 Å². The number of hydrogen-bond acceptors (Lipinski definition) is 2. The first-order valence-corrected chi connectivity index (χ1v) is 4.46. The summed E-state index contributed by atoms with van der Waals surface area (Å²) in [7, 11) is 1.71. The van der Waals surface area contributed by atoms with Gasteiger partial charge in [-0.05, 0) is 13.3 Å². The molecule has 0 bridgehead atoms. The molecule has 0 fully saturated rings. The van der Waals surface area contributed by atoms with Crippen LogP contribution in [0.1, 0.15) is 33.1 Å². The van der Waals surface area contributed by atoms with Gasteiger partial charge in [0.1, 0.15) is 0 Å². The Morgan fingerprint density at radius 2 is 1.92 bits per heavy atom. The quantitative estimate of drug-likeness (QED) is 0.701. The number of nitrogens with zero attached hydrogens (tertiary/aromatic N) is 1. The SMILES string of the molecule is CCC(C)N(C)C(=O)CCC(=O)O. The summed E-state index contributed by atoms with van der Waals surface area (Å²) in [6.45, 7) is 3.93. The van der Waals surface area contributed by atoms with Crippen molar-refractivity contribution in [1.29, 1.82) is 0 Å². The van der Waals surface area contributed by atoms with E-state index in [-0.39, 0.29) is 24.8 Å². The molecule has 1 N–H and O–H groups in total. The molecule has 13 heavy (non-hydrogen) atoms. The summed E-state index contributed by atoms with van der Waals surface area (Å²) < 4.78 is 0. The van der Waals surface area contributed by atoms with Crippen LogP contribution in [0.4, 0.5) is 0 Å². The van der Waals surface area contributed by atoms with Crippen molar-refractivity contribution in [3.05, 3.63) is 0 Å². The zero-order valence-electron chi connectivity index (χ0n) is 8.41. The smallest absolute Gasteiger partial charge is 0.303 e. The van der Waals surface area contributed by atoms with Crippen molar-refractivity contribution in [3.63, 3.8) is 0 Å². The topological polar surface area (TPSA) is 57.6 Å². The molecule has 0 aliphatic heterocycles. The highest BCUT2D eigenvalue weighted by molar-refractivity contribution is 5.80. The van der Waals surface area contributed by atoms with Gasteiger partial charge in [-0.1, -0.05) is 6.92 Å². The van der Waals surface area contributed by atoms with Crippen molar-refractivity contribution in [1.82, 2.24) is 4.90 Å². The van der Waals surface area contributed by atoms with Gasteiger partial charge in [-0.25, -0.2) is 0 Å². The van der Waals surface area contributed by atoms with E-state index in [2.05, 4.69) is 0 Å². The van der Waals surface area contributed by atoms with E-state index in [1.54, 1.807) is 11.9 Å². The number of rotatable bonds is 5. The molecule has 0 aliphatic rings. The molecule has 0 rings (SSSR count). The van der Waals surface area contributed by atoms with E-state index in [1.807, 2.05) is 13.8 Å². The van der Waals surface area contributed by atoms with E-state index in [1.165, 1.54) is 0 Å². The zero-order valence-corrected chi connectivity index (χ0v) is 8.41. The van der Waals surface area contributed by atoms with Crippen LogP contribution in [0.2, 0.25) is 0 Å². The van der Waals surface area contributed by atoms with Gasteiger partial charge < -0.3 is 10.0 Å². The van der Waals surface area contributed by atoms with Crippen molar-refractivity contribution < 1.29 is 14.7 Å². The average molecular weight is 187 g/mol. The average Bonchev–Trinajstić information content (AvgIpc) is 2.11. The van der Waals surface area contributed by atoms with Gasteiger partial charge in [0.2, 0.25) is 5.91 Å². The van der Waals surface area contributed by atoms with E-state index in [0.717, 1.165) is 6.42 Å². The summed E-state index contributed by atoms with van der Waals surface area (Å²) in [5.41, 5.74) is 0. The van der Waals surface area contributed by atoms with Crippen LogP contribution >= 0.6 is 0 Å². The molecule has 76 valence electrons. The summed E-state index contributed by atoms with van der Waals surface area (Å²) in [4.78, 5) is 23.1. The highest BCUT2D eigenvalue weighted by atomic mass is 16.4. The lowest BCUT2D eigenvalue weighted by Gasteiger charge is -2.23. The Morgan fingerprint density at radius 3 is 2.31 bits per heavy atom. The monoisotopic (exact) mass is 187 g/mol. The minimum absolute atomic E-state index is 0.0837. The standard InChI is InChI=1S/C9H17NO3/c1-4-7(2)10(3)8(11)5-6-9(12)13/h7H,4-6H2,1-3H3,(H,12,13). The largest absolute Gasteiger partial charge is 0.481 e. The van der Waals surface area contributed by atoms with Gasteiger partial charge in [-0.2, -0.15) is 0 Å². The predicted molar refractivity (Wildman–Crippen MR) is 49.4 cm³/mol. The van der Waals surface area contributed by atoms with Crippen molar-refractivity contribution in [2.75, 3.05) is 7.05 Å². The van der Waals surface area contributed by atoms with Gasteiger partial charge in [-0.15, -0.1) is 0 Å². The van der Waals surface area contributed by atoms with Crippen molar-refractivity contribution >= 4 is 11.9 Å². The molecule has 4 heteroatoms. The third-order valence-electron chi connectivity index (χ3n) is 2.20. The lowest BCUT2D eigenvalue weighted by molar-refractivity contribution is -0.141. The Bertz CT molecular complexity index is 191. The summed E-state index contributed by atoms with van der Waals surface area (Å²) in [5.74, 6) is -1.03. The molecule has 1 unspecified atom stereocenters. The van der Waals surface area contributed by atoms with E-state index in [0.29, 0.717) is 0 Å². The summed E-state index contributed by atoms with van der Waals surface area (Å²) in [5, 5.41) is 8.37. The van der Waals surface area contributed by atoms with Gasteiger partial charge in [0.05, 0.1) is 6.42 Å². The van der Waals surface area contributed by atoms with Crippen LogP contribution in [-0.4, -0.2) is 35.0 Å². The fraction of sp³-hybridized carbons (Fsp3) is 0.778. The van der Waals surface area contributed by atoms with Gasteiger partial charge in [0.25, 0.3) is 0 Å². The van der Waals surface area contributed by atoms with Crippen molar-refractivity contribution in [3.8, 4) is 0 Å². The van der Waals surface area contributed by atoms with Crippen molar-refractivity contribution in [2.24, 2.45) is 0 Å². The van der Waals surface area contributed by atoms with Crippen LogP contribution in [0.5, 0.6) is 0 Å². The first-order valence-electron chi connectivity index (χ1n) is 4.46. The number of carbonyl (C=O) groups excluding carboxylic acids is 1. The molecule has 0 aromatic carbocycles. The molecule has 1 amide bonds. The number of carboxylic acid groups (broad SMARTS) is 1. The molecular weight excluding hydrogens is 170 g/mol. The Balaban J connectivity index is 3.89. The van der Waals surface area contributed by atoms with Crippen molar-refractivity contribution in [2.45, 2.75) is 39.2 Å². The zero-order chi connectivity index (χ0) is 10.4.